The molecule has 0 saturated carbocycles. The number of hydrogen-bond donors (Lipinski definition) is 0. The fraction of sp³-hybridized carbons (Fsp3) is 0.231. The van der Waals surface area contributed by atoms with Crippen molar-refractivity contribution in [1.29, 1.82) is 0 Å². The SMILES string of the molecule is C[Si](C)(C)/C=C1/C=Cc2ccccc21. The van der Waals surface area contributed by atoms with Crippen LogP contribution < -0.4 is 0 Å². The molecule has 1 heteroatoms. The van der Waals surface area contributed by atoms with Crippen molar-refractivity contribution in [2.45, 2.75) is 19.6 Å². The Labute approximate surface area is 87.0 Å². The highest BCUT2D eigenvalue weighted by Crippen LogP contribution is 2.29. The van der Waals surface area contributed by atoms with Crippen molar-refractivity contribution in [2.75, 3.05) is 0 Å². The second-order valence-corrected chi connectivity index (χ2v) is 9.91. The van der Waals surface area contributed by atoms with Crippen LogP contribution in [-0.2, 0) is 0 Å². The Bertz CT molecular complexity index is 405. The van der Waals surface area contributed by atoms with Gasteiger partial charge >= 0.3 is 0 Å². The Balaban J connectivity index is 2.45. The molecule has 1 aliphatic carbocycles. The molecule has 2 rings (SSSR count). The molecule has 14 heavy (non-hydrogen) atoms. The molecule has 0 nitrogen and oxygen atoms in total. The van der Waals surface area contributed by atoms with Gasteiger partial charge in [-0.1, -0.05) is 61.8 Å². The topological polar surface area (TPSA) is 0 Å². The number of fused-ring (bicyclic) bond motifs is 1. The molecule has 0 aliphatic heterocycles. The Kier molecular flexibility index (Phi) is 2.20. The van der Waals surface area contributed by atoms with Crippen LogP contribution in [0.5, 0.6) is 0 Å². The Morgan fingerprint density at radius 2 is 1.71 bits per heavy atom. The molecule has 0 fully saturated rings. The second kappa shape index (κ2) is 3.25. The summed E-state index contributed by atoms with van der Waals surface area (Å²) in [5.41, 5.74) is 6.64. The maximum atomic E-state index is 2.47. The zero-order chi connectivity index (χ0) is 10.2. The zero-order valence-corrected chi connectivity index (χ0v) is 10.0. The average Bonchev–Trinajstić information content (AvgIpc) is 2.47. The van der Waals surface area contributed by atoms with E-state index in [1.165, 1.54) is 16.7 Å². The molecule has 0 atom stereocenters. The third-order valence-corrected chi connectivity index (χ3v) is 3.48. The van der Waals surface area contributed by atoms with Gasteiger partial charge in [-0.25, -0.2) is 0 Å². The maximum Gasteiger partial charge on any atom is 0.0695 e. The van der Waals surface area contributed by atoms with Crippen molar-refractivity contribution >= 4 is 19.7 Å². The summed E-state index contributed by atoms with van der Waals surface area (Å²) in [5.74, 6) is 0. The van der Waals surface area contributed by atoms with Crippen LogP contribution in [0.25, 0.3) is 11.6 Å². The van der Waals surface area contributed by atoms with Gasteiger partial charge in [0.05, 0.1) is 8.07 Å². The summed E-state index contributed by atoms with van der Waals surface area (Å²) in [6.45, 7) is 7.11. The van der Waals surface area contributed by atoms with Crippen LogP contribution in [0.15, 0.2) is 36.0 Å². The smallest absolute Gasteiger partial charge is 0.0695 e. The van der Waals surface area contributed by atoms with E-state index in [0.29, 0.717) is 0 Å². The molecule has 0 heterocycles. The van der Waals surface area contributed by atoms with Crippen molar-refractivity contribution in [1.82, 2.24) is 0 Å². The Hall–Kier alpha value is -1.08. The molecule has 0 aromatic heterocycles. The predicted molar refractivity (Wildman–Crippen MR) is 66.8 cm³/mol. The molecule has 0 radical (unpaired) electrons. The first-order valence-electron chi connectivity index (χ1n) is 5.07. The van der Waals surface area contributed by atoms with E-state index in [2.05, 4.69) is 61.8 Å². The second-order valence-electron chi connectivity index (χ2n) is 4.89. The summed E-state index contributed by atoms with van der Waals surface area (Å²) in [6.07, 6.45) is 4.45. The van der Waals surface area contributed by atoms with Crippen LogP contribution in [0.2, 0.25) is 19.6 Å². The van der Waals surface area contributed by atoms with Crippen LogP contribution in [0.3, 0.4) is 0 Å². The summed E-state index contributed by atoms with van der Waals surface area (Å²) >= 11 is 0. The molecule has 72 valence electrons. The Morgan fingerprint density at radius 1 is 1.00 bits per heavy atom. The number of allylic oxidation sites excluding steroid dienone is 2. The van der Waals surface area contributed by atoms with Crippen molar-refractivity contribution < 1.29 is 0 Å². The highest BCUT2D eigenvalue weighted by Gasteiger charge is 2.14. The first kappa shape index (κ1) is 9.47. The van der Waals surface area contributed by atoms with Crippen molar-refractivity contribution in [3.05, 3.63) is 47.2 Å². The van der Waals surface area contributed by atoms with Gasteiger partial charge in [0.1, 0.15) is 0 Å². The largest absolute Gasteiger partial charge is 0.0873 e. The van der Waals surface area contributed by atoms with E-state index in [1.54, 1.807) is 0 Å². The van der Waals surface area contributed by atoms with E-state index in [9.17, 15) is 0 Å². The molecule has 1 aromatic carbocycles. The number of hydrogen-bond acceptors (Lipinski definition) is 0. The summed E-state index contributed by atoms with van der Waals surface area (Å²) in [6, 6.07) is 8.60. The quantitative estimate of drug-likeness (QED) is 0.602. The first-order chi connectivity index (χ1) is 6.56. The van der Waals surface area contributed by atoms with Crippen molar-refractivity contribution in [3.8, 4) is 0 Å². The highest BCUT2D eigenvalue weighted by molar-refractivity contribution is 6.81. The minimum atomic E-state index is -1.10. The fourth-order valence-electron chi connectivity index (χ4n) is 1.77. The predicted octanol–water partition coefficient (Wildman–Crippen LogP) is 3.97. The van der Waals surface area contributed by atoms with E-state index >= 15 is 0 Å². The van der Waals surface area contributed by atoms with Gasteiger partial charge in [-0.2, -0.15) is 0 Å². The van der Waals surface area contributed by atoms with Gasteiger partial charge in [0.25, 0.3) is 0 Å². The lowest BCUT2D eigenvalue weighted by atomic mass is 10.1. The van der Waals surface area contributed by atoms with Crippen molar-refractivity contribution in [2.24, 2.45) is 0 Å². The molecule has 0 spiro atoms. The summed E-state index contributed by atoms with van der Waals surface area (Å²) in [4.78, 5) is 0. The van der Waals surface area contributed by atoms with E-state index in [4.69, 9.17) is 0 Å². The maximum absolute atomic E-state index is 2.47. The lowest BCUT2D eigenvalue weighted by Gasteiger charge is -2.11. The third kappa shape index (κ3) is 1.88. The van der Waals surface area contributed by atoms with Gasteiger partial charge < -0.3 is 0 Å². The fourth-order valence-corrected chi connectivity index (χ4v) is 2.95. The van der Waals surface area contributed by atoms with Gasteiger partial charge in [0.2, 0.25) is 0 Å². The average molecular weight is 200 g/mol. The molecular formula is C13H16Si. The van der Waals surface area contributed by atoms with Crippen LogP contribution in [0.4, 0.5) is 0 Å². The summed E-state index contributed by atoms with van der Waals surface area (Å²) in [7, 11) is -1.10. The highest BCUT2D eigenvalue weighted by atomic mass is 28.3. The monoisotopic (exact) mass is 200 g/mol. The summed E-state index contributed by atoms with van der Waals surface area (Å²) < 4.78 is 0. The standard InChI is InChI=1S/C13H16Si/c1-14(2,3)10-12-9-8-11-6-4-5-7-13(11)12/h4-10H,1-3H3/b12-10-. The molecule has 0 N–H and O–H groups in total. The molecule has 1 aromatic rings. The van der Waals surface area contributed by atoms with Gasteiger partial charge in [-0.05, 0) is 16.7 Å². The van der Waals surface area contributed by atoms with Crippen LogP contribution in [-0.4, -0.2) is 8.07 Å². The third-order valence-electron chi connectivity index (χ3n) is 2.30. The van der Waals surface area contributed by atoms with E-state index < -0.39 is 8.07 Å². The molecule has 0 bridgehead atoms. The number of benzene rings is 1. The van der Waals surface area contributed by atoms with Gasteiger partial charge in [-0.15, -0.1) is 0 Å². The van der Waals surface area contributed by atoms with Crippen LogP contribution in [0.1, 0.15) is 11.1 Å². The van der Waals surface area contributed by atoms with Gasteiger partial charge in [0, 0.05) is 0 Å². The zero-order valence-electron chi connectivity index (χ0n) is 9.04. The normalized spacial score (nSPS) is 17.5. The molecular weight excluding hydrogens is 184 g/mol. The molecule has 0 unspecified atom stereocenters. The van der Waals surface area contributed by atoms with E-state index in [0.717, 1.165) is 0 Å². The molecule has 0 amide bonds. The van der Waals surface area contributed by atoms with Crippen LogP contribution >= 0.6 is 0 Å². The molecule has 1 aliphatic rings. The Morgan fingerprint density at radius 3 is 2.43 bits per heavy atom. The van der Waals surface area contributed by atoms with E-state index in [1.807, 2.05) is 0 Å². The number of rotatable bonds is 1. The first-order valence-corrected chi connectivity index (χ1v) is 8.64. The van der Waals surface area contributed by atoms with Crippen LogP contribution in [0, 0.1) is 0 Å². The van der Waals surface area contributed by atoms with Gasteiger partial charge in [0.15, 0.2) is 0 Å². The lowest BCUT2D eigenvalue weighted by molar-refractivity contribution is 1.61. The van der Waals surface area contributed by atoms with Gasteiger partial charge in [-0.3, -0.25) is 0 Å². The molecule has 0 saturated heterocycles. The summed E-state index contributed by atoms with van der Waals surface area (Å²) in [5, 5.41) is 0. The minimum absolute atomic E-state index is 1.10. The van der Waals surface area contributed by atoms with E-state index in [-0.39, 0.29) is 0 Å². The van der Waals surface area contributed by atoms with Crippen molar-refractivity contribution in [3.63, 3.8) is 0 Å². The minimum Gasteiger partial charge on any atom is -0.0873 e. The lowest BCUT2D eigenvalue weighted by Crippen LogP contribution is -2.16.